The minimum absolute atomic E-state index is 0.294. The molecule has 0 radical (unpaired) electrons. The number of nitrogens with one attached hydrogen (secondary N) is 1. The van der Waals surface area contributed by atoms with E-state index in [0.29, 0.717) is 29.2 Å². The van der Waals surface area contributed by atoms with Crippen molar-refractivity contribution in [2.75, 3.05) is 19.0 Å². The molecule has 5 heteroatoms. The zero-order chi connectivity index (χ0) is 17.5. The molecule has 0 bridgehead atoms. The first-order chi connectivity index (χ1) is 11.5. The largest absolute Gasteiger partial charge is 0.489 e. The van der Waals surface area contributed by atoms with Crippen LogP contribution in [0.1, 0.15) is 27.6 Å². The molecule has 0 heterocycles. The van der Waals surface area contributed by atoms with Gasteiger partial charge in [-0.15, -0.1) is 0 Å². The van der Waals surface area contributed by atoms with Crippen LogP contribution in [0.25, 0.3) is 0 Å². The number of amides is 1. The van der Waals surface area contributed by atoms with Crippen LogP contribution in [0.2, 0.25) is 0 Å². The molecule has 0 spiro atoms. The monoisotopic (exact) mass is 325 g/mol. The Kier molecular flexibility index (Phi) is 5.73. The highest BCUT2D eigenvalue weighted by Crippen LogP contribution is 2.17. The molecular formula is C19H19NO4. The van der Waals surface area contributed by atoms with Gasteiger partial charge in [-0.1, -0.05) is 18.7 Å². The first-order valence-electron chi connectivity index (χ1n) is 7.36. The lowest BCUT2D eigenvalue weighted by molar-refractivity contribution is 0.0600. The van der Waals surface area contributed by atoms with Gasteiger partial charge in [0, 0.05) is 11.3 Å². The normalized spacial score (nSPS) is 9.92. The third kappa shape index (κ3) is 4.71. The molecule has 0 aromatic heterocycles. The average molecular weight is 325 g/mol. The van der Waals surface area contributed by atoms with Gasteiger partial charge in [0.2, 0.25) is 0 Å². The topological polar surface area (TPSA) is 64.6 Å². The summed E-state index contributed by atoms with van der Waals surface area (Å²) in [6.45, 7) is 6.03. The van der Waals surface area contributed by atoms with Crippen LogP contribution in [-0.2, 0) is 4.74 Å². The Morgan fingerprint density at radius 3 is 2.50 bits per heavy atom. The van der Waals surface area contributed by atoms with Crippen LogP contribution in [0, 0.1) is 0 Å². The minimum Gasteiger partial charge on any atom is -0.489 e. The summed E-state index contributed by atoms with van der Waals surface area (Å²) in [6.07, 6.45) is 0. The van der Waals surface area contributed by atoms with Gasteiger partial charge < -0.3 is 14.8 Å². The van der Waals surface area contributed by atoms with E-state index in [4.69, 9.17) is 4.74 Å². The summed E-state index contributed by atoms with van der Waals surface area (Å²) in [5.74, 6) is -0.159. The SMILES string of the molecule is C=C(C)COc1cccc(C(=O)Nc2cccc(C(=O)OC)c2)c1. The molecule has 0 saturated heterocycles. The summed E-state index contributed by atoms with van der Waals surface area (Å²) in [6, 6.07) is 13.4. The predicted molar refractivity (Wildman–Crippen MR) is 92.5 cm³/mol. The first-order valence-corrected chi connectivity index (χ1v) is 7.36. The molecule has 24 heavy (non-hydrogen) atoms. The lowest BCUT2D eigenvalue weighted by Crippen LogP contribution is -2.13. The summed E-state index contributed by atoms with van der Waals surface area (Å²) >= 11 is 0. The Morgan fingerprint density at radius 2 is 1.79 bits per heavy atom. The number of rotatable bonds is 6. The molecule has 0 saturated carbocycles. The molecule has 1 amide bonds. The zero-order valence-electron chi connectivity index (χ0n) is 13.7. The molecule has 0 aliphatic carbocycles. The Labute approximate surface area is 140 Å². The summed E-state index contributed by atoms with van der Waals surface area (Å²) in [4.78, 5) is 23.9. The second kappa shape index (κ2) is 7.97. The summed E-state index contributed by atoms with van der Waals surface area (Å²) in [5, 5.41) is 2.75. The second-order valence-corrected chi connectivity index (χ2v) is 5.30. The van der Waals surface area contributed by atoms with Crippen molar-refractivity contribution in [2.24, 2.45) is 0 Å². The van der Waals surface area contributed by atoms with E-state index in [9.17, 15) is 9.59 Å². The van der Waals surface area contributed by atoms with Gasteiger partial charge in [0.1, 0.15) is 12.4 Å². The minimum atomic E-state index is -0.457. The number of hydrogen-bond acceptors (Lipinski definition) is 4. The van der Waals surface area contributed by atoms with Crippen molar-refractivity contribution in [3.63, 3.8) is 0 Å². The van der Waals surface area contributed by atoms with Crippen molar-refractivity contribution in [1.29, 1.82) is 0 Å². The van der Waals surface area contributed by atoms with E-state index in [2.05, 4.69) is 16.6 Å². The summed E-state index contributed by atoms with van der Waals surface area (Å²) in [5.41, 5.74) is 2.23. The second-order valence-electron chi connectivity index (χ2n) is 5.30. The molecule has 0 aliphatic heterocycles. The van der Waals surface area contributed by atoms with E-state index in [-0.39, 0.29) is 5.91 Å². The molecule has 0 fully saturated rings. The van der Waals surface area contributed by atoms with Crippen LogP contribution < -0.4 is 10.1 Å². The molecule has 2 aromatic rings. The van der Waals surface area contributed by atoms with Gasteiger partial charge in [-0.25, -0.2) is 4.79 Å². The van der Waals surface area contributed by atoms with E-state index in [0.717, 1.165) is 5.57 Å². The van der Waals surface area contributed by atoms with Crippen molar-refractivity contribution in [1.82, 2.24) is 0 Å². The number of ether oxygens (including phenoxy) is 2. The Hall–Kier alpha value is -3.08. The maximum absolute atomic E-state index is 12.4. The fourth-order valence-electron chi connectivity index (χ4n) is 1.98. The number of hydrogen-bond donors (Lipinski definition) is 1. The van der Waals surface area contributed by atoms with Crippen LogP contribution in [-0.4, -0.2) is 25.6 Å². The smallest absolute Gasteiger partial charge is 0.337 e. The van der Waals surface area contributed by atoms with Gasteiger partial charge in [-0.05, 0) is 48.9 Å². The standard InChI is InChI=1S/C19H19NO4/c1-13(2)12-24-17-9-5-6-14(11-17)18(21)20-16-8-4-7-15(10-16)19(22)23-3/h4-11H,1,12H2,2-3H3,(H,20,21). The third-order valence-corrected chi connectivity index (χ3v) is 3.12. The van der Waals surface area contributed by atoms with Crippen molar-refractivity contribution in [2.45, 2.75) is 6.92 Å². The van der Waals surface area contributed by atoms with E-state index >= 15 is 0 Å². The molecule has 2 aromatic carbocycles. The maximum atomic E-state index is 12.4. The lowest BCUT2D eigenvalue weighted by atomic mass is 10.1. The number of anilines is 1. The highest BCUT2D eigenvalue weighted by atomic mass is 16.5. The van der Waals surface area contributed by atoms with Crippen LogP contribution in [0.4, 0.5) is 5.69 Å². The van der Waals surface area contributed by atoms with E-state index in [1.165, 1.54) is 7.11 Å². The first kappa shape index (κ1) is 17.3. The van der Waals surface area contributed by atoms with Crippen molar-refractivity contribution in [3.8, 4) is 5.75 Å². The van der Waals surface area contributed by atoms with Crippen LogP contribution in [0.3, 0.4) is 0 Å². The van der Waals surface area contributed by atoms with Crippen molar-refractivity contribution in [3.05, 3.63) is 71.8 Å². The molecule has 5 nitrogen and oxygen atoms in total. The fraction of sp³-hybridized carbons (Fsp3) is 0.158. The Balaban J connectivity index is 2.11. The predicted octanol–water partition coefficient (Wildman–Crippen LogP) is 3.68. The molecule has 1 N–H and O–H groups in total. The molecule has 0 aliphatic rings. The van der Waals surface area contributed by atoms with Crippen LogP contribution in [0.5, 0.6) is 5.75 Å². The number of carbonyl (C=O) groups is 2. The van der Waals surface area contributed by atoms with Gasteiger partial charge in [0.15, 0.2) is 0 Å². The average Bonchev–Trinajstić information content (AvgIpc) is 2.59. The highest BCUT2D eigenvalue weighted by Gasteiger charge is 2.10. The van der Waals surface area contributed by atoms with E-state index in [1.807, 2.05) is 6.92 Å². The van der Waals surface area contributed by atoms with Crippen LogP contribution in [0.15, 0.2) is 60.7 Å². The van der Waals surface area contributed by atoms with Crippen molar-refractivity contribution < 1.29 is 19.1 Å². The summed E-state index contributed by atoms with van der Waals surface area (Å²) in [7, 11) is 1.31. The Morgan fingerprint density at radius 1 is 1.08 bits per heavy atom. The van der Waals surface area contributed by atoms with E-state index < -0.39 is 5.97 Å². The number of methoxy groups -OCH3 is 1. The van der Waals surface area contributed by atoms with Gasteiger partial charge >= 0.3 is 5.97 Å². The molecule has 124 valence electrons. The van der Waals surface area contributed by atoms with Crippen LogP contribution >= 0.6 is 0 Å². The highest BCUT2D eigenvalue weighted by molar-refractivity contribution is 6.05. The number of esters is 1. The number of carbonyl (C=O) groups excluding carboxylic acids is 2. The quantitative estimate of drug-likeness (QED) is 0.650. The van der Waals surface area contributed by atoms with Gasteiger partial charge in [-0.2, -0.15) is 0 Å². The molecule has 2 rings (SSSR count). The fourth-order valence-corrected chi connectivity index (χ4v) is 1.98. The Bertz CT molecular complexity index is 767. The van der Waals surface area contributed by atoms with Gasteiger partial charge in [0.25, 0.3) is 5.91 Å². The zero-order valence-corrected chi connectivity index (χ0v) is 13.7. The molecule has 0 unspecified atom stereocenters. The van der Waals surface area contributed by atoms with Gasteiger partial charge in [0.05, 0.1) is 12.7 Å². The number of benzene rings is 2. The van der Waals surface area contributed by atoms with Crippen molar-refractivity contribution >= 4 is 17.6 Å². The third-order valence-electron chi connectivity index (χ3n) is 3.12. The lowest BCUT2D eigenvalue weighted by Gasteiger charge is -2.09. The van der Waals surface area contributed by atoms with Gasteiger partial charge in [-0.3, -0.25) is 4.79 Å². The molecular weight excluding hydrogens is 306 g/mol. The maximum Gasteiger partial charge on any atom is 0.337 e. The molecule has 0 atom stereocenters. The summed E-state index contributed by atoms with van der Waals surface area (Å²) < 4.78 is 10.2. The van der Waals surface area contributed by atoms with E-state index in [1.54, 1.807) is 48.5 Å².